The second-order valence-corrected chi connectivity index (χ2v) is 8.09. The predicted octanol–water partition coefficient (Wildman–Crippen LogP) is 2.26. The van der Waals surface area contributed by atoms with Crippen LogP contribution in [0.4, 0.5) is 0 Å². The fourth-order valence-electron chi connectivity index (χ4n) is 3.24. The maximum Gasteiger partial charge on any atom is 0.223 e. The van der Waals surface area contributed by atoms with E-state index in [4.69, 9.17) is 5.10 Å². The molecular formula is C17H26N6OS. The van der Waals surface area contributed by atoms with Gasteiger partial charge in [-0.1, -0.05) is 32.5 Å². The fourth-order valence-corrected chi connectivity index (χ4v) is 3.88. The van der Waals surface area contributed by atoms with E-state index in [-0.39, 0.29) is 5.91 Å². The van der Waals surface area contributed by atoms with E-state index >= 15 is 0 Å². The molecule has 0 unspecified atom stereocenters. The lowest BCUT2D eigenvalue weighted by molar-refractivity contribution is -0.132. The van der Waals surface area contributed by atoms with E-state index < -0.39 is 0 Å². The minimum absolute atomic E-state index is 0.218. The van der Waals surface area contributed by atoms with Crippen LogP contribution in [0.5, 0.6) is 0 Å². The van der Waals surface area contributed by atoms with Gasteiger partial charge in [0, 0.05) is 51.3 Å². The van der Waals surface area contributed by atoms with Gasteiger partial charge in [-0.2, -0.15) is 5.10 Å². The first-order valence-corrected chi connectivity index (χ1v) is 9.76. The number of carbonyl (C=O) groups is 1. The minimum atomic E-state index is 0.218. The fraction of sp³-hybridized carbons (Fsp3) is 0.647. The van der Waals surface area contributed by atoms with Gasteiger partial charge in [-0.15, -0.1) is 10.2 Å². The van der Waals surface area contributed by atoms with Gasteiger partial charge < -0.3 is 9.47 Å². The van der Waals surface area contributed by atoms with Gasteiger partial charge in [0.15, 0.2) is 11.0 Å². The SMILES string of the molecule is CCSc1nnc(-c2nn(C)c3c2CN(C(=O)CC(C)C)CC3)n1C. The van der Waals surface area contributed by atoms with Crippen LogP contribution >= 0.6 is 11.8 Å². The molecule has 136 valence electrons. The molecule has 0 aliphatic carbocycles. The molecule has 3 rings (SSSR count). The van der Waals surface area contributed by atoms with Crippen LogP contribution in [-0.2, 0) is 31.9 Å². The van der Waals surface area contributed by atoms with Crippen molar-refractivity contribution in [1.82, 2.24) is 29.4 Å². The van der Waals surface area contributed by atoms with E-state index in [1.807, 2.05) is 28.2 Å². The molecule has 3 heterocycles. The van der Waals surface area contributed by atoms with Crippen LogP contribution in [0.25, 0.3) is 11.5 Å². The van der Waals surface area contributed by atoms with E-state index in [1.54, 1.807) is 11.8 Å². The average molecular weight is 363 g/mol. The molecule has 25 heavy (non-hydrogen) atoms. The quantitative estimate of drug-likeness (QED) is 0.763. The lowest BCUT2D eigenvalue weighted by atomic mass is 10.0. The van der Waals surface area contributed by atoms with E-state index in [9.17, 15) is 4.79 Å². The summed E-state index contributed by atoms with van der Waals surface area (Å²) in [5, 5.41) is 14.2. The molecule has 0 N–H and O–H groups in total. The molecule has 0 atom stereocenters. The number of hydrogen-bond acceptors (Lipinski definition) is 5. The van der Waals surface area contributed by atoms with Crippen molar-refractivity contribution in [2.45, 2.75) is 45.3 Å². The second-order valence-electron chi connectivity index (χ2n) is 6.86. The summed E-state index contributed by atoms with van der Waals surface area (Å²) < 4.78 is 3.92. The molecule has 0 saturated heterocycles. The van der Waals surface area contributed by atoms with Gasteiger partial charge in [-0.05, 0) is 11.7 Å². The van der Waals surface area contributed by atoms with Crippen molar-refractivity contribution >= 4 is 17.7 Å². The minimum Gasteiger partial charge on any atom is -0.338 e. The second kappa shape index (κ2) is 7.19. The highest BCUT2D eigenvalue weighted by molar-refractivity contribution is 7.99. The summed E-state index contributed by atoms with van der Waals surface area (Å²) in [6, 6.07) is 0. The third-order valence-corrected chi connectivity index (χ3v) is 5.40. The van der Waals surface area contributed by atoms with Gasteiger partial charge in [-0.3, -0.25) is 9.48 Å². The summed E-state index contributed by atoms with van der Waals surface area (Å²) in [5.74, 6) is 2.31. The Morgan fingerprint density at radius 2 is 2.04 bits per heavy atom. The number of carbonyl (C=O) groups excluding carboxylic acids is 1. The molecule has 0 radical (unpaired) electrons. The molecule has 0 saturated carbocycles. The zero-order chi connectivity index (χ0) is 18.1. The Kier molecular flexibility index (Phi) is 5.17. The topological polar surface area (TPSA) is 68.8 Å². The molecule has 2 aromatic heterocycles. The monoisotopic (exact) mass is 362 g/mol. The molecule has 0 bridgehead atoms. The number of thioether (sulfide) groups is 1. The molecule has 0 spiro atoms. The molecule has 1 aliphatic heterocycles. The van der Waals surface area contributed by atoms with Crippen molar-refractivity contribution < 1.29 is 4.79 Å². The summed E-state index contributed by atoms with van der Waals surface area (Å²) in [6.45, 7) is 7.62. The van der Waals surface area contributed by atoms with Crippen LogP contribution in [-0.4, -0.2) is 47.6 Å². The summed E-state index contributed by atoms with van der Waals surface area (Å²) in [5.41, 5.74) is 3.14. The van der Waals surface area contributed by atoms with Crippen molar-refractivity contribution in [2.24, 2.45) is 20.0 Å². The van der Waals surface area contributed by atoms with Crippen LogP contribution in [0.15, 0.2) is 5.16 Å². The number of hydrogen-bond donors (Lipinski definition) is 0. The number of amides is 1. The standard InChI is InChI=1S/C17H26N6OS/c1-6-25-17-19-18-16(21(17)4)15-12-10-23(14(24)9-11(2)3)8-7-13(12)22(5)20-15/h11H,6-10H2,1-5H3. The van der Waals surface area contributed by atoms with Gasteiger partial charge in [0.2, 0.25) is 5.91 Å². The van der Waals surface area contributed by atoms with Crippen molar-refractivity contribution in [3.05, 3.63) is 11.3 Å². The normalized spacial score (nSPS) is 14.2. The Morgan fingerprint density at radius 1 is 1.28 bits per heavy atom. The maximum absolute atomic E-state index is 12.5. The first-order valence-electron chi connectivity index (χ1n) is 8.77. The molecule has 2 aromatic rings. The lowest BCUT2D eigenvalue weighted by Crippen LogP contribution is -2.36. The van der Waals surface area contributed by atoms with Crippen LogP contribution in [0, 0.1) is 5.92 Å². The Balaban J connectivity index is 1.93. The largest absolute Gasteiger partial charge is 0.338 e. The molecule has 1 aliphatic rings. The maximum atomic E-state index is 12.5. The van der Waals surface area contributed by atoms with Crippen molar-refractivity contribution in [3.8, 4) is 11.5 Å². The Morgan fingerprint density at radius 3 is 2.72 bits per heavy atom. The zero-order valence-corrected chi connectivity index (χ0v) is 16.4. The van der Waals surface area contributed by atoms with E-state index in [2.05, 4.69) is 31.0 Å². The van der Waals surface area contributed by atoms with Crippen LogP contribution < -0.4 is 0 Å². The zero-order valence-electron chi connectivity index (χ0n) is 15.6. The summed E-state index contributed by atoms with van der Waals surface area (Å²) in [6.07, 6.45) is 1.42. The van der Waals surface area contributed by atoms with Crippen molar-refractivity contribution in [3.63, 3.8) is 0 Å². The first-order chi connectivity index (χ1) is 11.9. The van der Waals surface area contributed by atoms with Gasteiger partial charge in [0.05, 0.1) is 0 Å². The molecule has 0 fully saturated rings. The lowest BCUT2D eigenvalue weighted by Gasteiger charge is -2.28. The third-order valence-electron chi connectivity index (χ3n) is 4.50. The van der Waals surface area contributed by atoms with Gasteiger partial charge >= 0.3 is 0 Å². The highest BCUT2D eigenvalue weighted by atomic mass is 32.2. The number of rotatable bonds is 5. The molecule has 7 nitrogen and oxygen atoms in total. The van der Waals surface area contributed by atoms with Gasteiger partial charge in [-0.25, -0.2) is 0 Å². The third kappa shape index (κ3) is 3.44. The average Bonchev–Trinajstić information content (AvgIpc) is 3.08. The molecule has 0 aromatic carbocycles. The van der Waals surface area contributed by atoms with Crippen LogP contribution in [0.1, 0.15) is 38.4 Å². The Hall–Kier alpha value is -1.83. The number of nitrogens with zero attached hydrogens (tertiary/aromatic N) is 6. The van der Waals surface area contributed by atoms with Gasteiger partial charge in [0.25, 0.3) is 0 Å². The van der Waals surface area contributed by atoms with Crippen molar-refractivity contribution in [1.29, 1.82) is 0 Å². The van der Waals surface area contributed by atoms with E-state index in [1.165, 1.54) is 5.69 Å². The van der Waals surface area contributed by atoms with E-state index in [0.29, 0.717) is 18.9 Å². The van der Waals surface area contributed by atoms with Crippen LogP contribution in [0.2, 0.25) is 0 Å². The predicted molar refractivity (Wildman–Crippen MR) is 98.2 cm³/mol. The Bertz CT molecular complexity index is 778. The number of fused-ring (bicyclic) bond motifs is 1. The first kappa shape index (κ1) is 18.0. The summed E-state index contributed by atoms with van der Waals surface area (Å²) in [7, 11) is 3.94. The highest BCUT2D eigenvalue weighted by Crippen LogP contribution is 2.30. The highest BCUT2D eigenvalue weighted by Gasteiger charge is 2.29. The molecular weight excluding hydrogens is 336 g/mol. The number of aryl methyl sites for hydroxylation is 1. The molecule has 1 amide bonds. The summed E-state index contributed by atoms with van der Waals surface area (Å²) in [4.78, 5) is 14.4. The van der Waals surface area contributed by atoms with Crippen molar-refractivity contribution in [2.75, 3.05) is 12.3 Å². The van der Waals surface area contributed by atoms with Crippen LogP contribution in [0.3, 0.4) is 0 Å². The molecule has 8 heteroatoms. The Labute approximate surface area is 152 Å². The smallest absolute Gasteiger partial charge is 0.223 e. The summed E-state index contributed by atoms with van der Waals surface area (Å²) >= 11 is 1.66. The van der Waals surface area contributed by atoms with Gasteiger partial charge in [0.1, 0.15) is 5.69 Å². The van der Waals surface area contributed by atoms with E-state index in [0.717, 1.165) is 41.0 Å². The number of aromatic nitrogens is 5.